The van der Waals surface area contributed by atoms with Crippen molar-refractivity contribution in [3.63, 3.8) is 0 Å². The molecule has 0 unspecified atom stereocenters. The highest BCUT2D eigenvalue weighted by Gasteiger charge is 2.02. The minimum atomic E-state index is 0.491. The summed E-state index contributed by atoms with van der Waals surface area (Å²) < 4.78 is 6.21. The van der Waals surface area contributed by atoms with Gasteiger partial charge in [-0.15, -0.1) is 11.3 Å². The summed E-state index contributed by atoms with van der Waals surface area (Å²) in [6.07, 6.45) is 0. The number of hydrogen-bond donors (Lipinski definition) is 2. The Labute approximate surface area is 147 Å². The highest BCUT2D eigenvalue weighted by atomic mass is 79.9. The molecule has 2 aromatic rings. The molecule has 2 rings (SSSR count). The van der Waals surface area contributed by atoms with Crippen LogP contribution in [0.5, 0.6) is 5.75 Å². The lowest BCUT2D eigenvalue weighted by molar-refractivity contribution is 0.414. The fourth-order valence-electron chi connectivity index (χ4n) is 1.66. The van der Waals surface area contributed by atoms with Crippen LogP contribution in [0.2, 0.25) is 0 Å². The number of nitrogens with one attached hydrogen (secondary N) is 2. The number of hydrazone groups is 1. The van der Waals surface area contributed by atoms with Crippen LogP contribution in [0.3, 0.4) is 0 Å². The zero-order valence-electron chi connectivity index (χ0n) is 12.2. The molecule has 0 aliphatic carbocycles. The van der Waals surface area contributed by atoms with Gasteiger partial charge in [0.25, 0.3) is 0 Å². The lowest BCUT2D eigenvalue weighted by Gasteiger charge is -2.08. The number of thiocarbonyl (C=S) groups is 1. The number of benzene rings is 1. The summed E-state index contributed by atoms with van der Waals surface area (Å²) in [5.74, 6) is 0.840. The van der Waals surface area contributed by atoms with Crippen molar-refractivity contribution in [2.45, 2.75) is 13.5 Å². The quantitative estimate of drug-likeness (QED) is 0.456. The zero-order valence-corrected chi connectivity index (χ0v) is 15.4. The van der Waals surface area contributed by atoms with Crippen molar-refractivity contribution in [1.29, 1.82) is 0 Å². The van der Waals surface area contributed by atoms with Crippen LogP contribution in [0.25, 0.3) is 0 Å². The van der Waals surface area contributed by atoms with Gasteiger partial charge in [-0.1, -0.05) is 12.1 Å². The summed E-state index contributed by atoms with van der Waals surface area (Å²) in [4.78, 5) is 1.09. The molecular formula is C15H16BrN3OS2. The minimum absolute atomic E-state index is 0.491. The van der Waals surface area contributed by atoms with Gasteiger partial charge < -0.3 is 10.1 Å². The highest BCUT2D eigenvalue weighted by molar-refractivity contribution is 9.11. The van der Waals surface area contributed by atoms with Gasteiger partial charge in [0.15, 0.2) is 5.11 Å². The second kappa shape index (κ2) is 8.26. The molecule has 116 valence electrons. The molecular weight excluding hydrogens is 382 g/mol. The van der Waals surface area contributed by atoms with Crippen molar-refractivity contribution in [1.82, 2.24) is 10.7 Å². The molecule has 1 heterocycles. The van der Waals surface area contributed by atoms with Crippen molar-refractivity contribution >= 4 is 50.3 Å². The molecule has 4 nitrogen and oxygen atoms in total. The molecule has 0 spiro atoms. The van der Waals surface area contributed by atoms with Crippen molar-refractivity contribution in [2.75, 3.05) is 7.11 Å². The average Bonchev–Trinajstić information content (AvgIpc) is 2.97. The van der Waals surface area contributed by atoms with E-state index in [4.69, 9.17) is 17.0 Å². The summed E-state index contributed by atoms with van der Waals surface area (Å²) in [5.41, 5.74) is 4.87. The van der Waals surface area contributed by atoms with Crippen molar-refractivity contribution in [3.05, 3.63) is 50.6 Å². The molecule has 7 heteroatoms. The van der Waals surface area contributed by atoms with Gasteiger partial charge in [-0.2, -0.15) is 5.10 Å². The van der Waals surface area contributed by atoms with E-state index in [1.165, 1.54) is 0 Å². The van der Waals surface area contributed by atoms with E-state index >= 15 is 0 Å². The molecule has 1 aromatic heterocycles. The van der Waals surface area contributed by atoms with Gasteiger partial charge in [-0.05, 0) is 64.9 Å². The number of thiophene rings is 1. The third-order valence-corrected chi connectivity index (χ3v) is 4.84. The van der Waals surface area contributed by atoms with E-state index < -0.39 is 0 Å². The van der Waals surface area contributed by atoms with E-state index in [2.05, 4.69) is 31.8 Å². The van der Waals surface area contributed by atoms with Crippen LogP contribution in [0.15, 0.2) is 45.3 Å². The maximum atomic E-state index is 5.22. The molecule has 0 saturated heterocycles. The summed E-state index contributed by atoms with van der Waals surface area (Å²) in [6, 6.07) is 11.8. The smallest absolute Gasteiger partial charge is 0.187 e. The third-order valence-electron chi connectivity index (χ3n) is 2.87. The van der Waals surface area contributed by atoms with Gasteiger partial charge in [0.1, 0.15) is 5.75 Å². The van der Waals surface area contributed by atoms with Gasteiger partial charge in [0, 0.05) is 6.54 Å². The molecule has 0 bridgehead atoms. The SMILES string of the molecule is COc1ccc(CNC(=S)N/N=C(/C)c2ccc(Br)s2)cc1. The Morgan fingerprint density at radius 3 is 2.59 bits per heavy atom. The number of halogens is 1. The van der Waals surface area contributed by atoms with Crippen molar-refractivity contribution in [3.8, 4) is 5.75 Å². The Bertz CT molecular complexity index is 668. The lowest BCUT2D eigenvalue weighted by Crippen LogP contribution is -2.32. The molecule has 1 aromatic carbocycles. The predicted molar refractivity (Wildman–Crippen MR) is 99.8 cm³/mol. The van der Waals surface area contributed by atoms with Crippen molar-refractivity contribution in [2.24, 2.45) is 5.10 Å². The monoisotopic (exact) mass is 397 g/mol. The Balaban J connectivity index is 1.82. The average molecular weight is 398 g/mol. The fourth-order valence-corrected chi connectivity index (χ4v) is 3.11. The molecule has 22 heavy (non-hydrogen) atoms. The van der Waals surface area contributed by atoms with Crippen LogP contribution in [-0.4, -0.2) is 17.9 Å². The maximum absolute atomic E-state index is 5.22. The highest BCUT2D eigenvalue weighted by Crippen LogP contribution is 2.22. The van der Waals surface area contributed by atoms with Crippen LogP contribution in [0, 0.1) is 0 Å². The van der Waals surface area contributed by atoms with Crippen LogP contribution in [0.1, 0.15) is 17.4 Å². The molecule has 0 fully saturated rings. The summed E-state index contributed by atoms with van der Waals surface area (Å²) in [5, 5.41) is 7.89. The molecule has 0 radical (unpaired) electrons. The molecule has 0 aliphatic heterocycles. The molecule has 0 amide bonds. The van der Waals surface area contributed by atoms with Gasteiger partial charge in [0.05, 0.1) is 21.5 Å². The normalized spacial score (nSPS) is 11.1. The summed E-state index contributed by atoms with van der Waals surface area (Å²) >= 11 is 10.3. The molecule has 0 saturated carbocycles. The first-order valence-electron chi connectivity index (χ1n) is 6.55. The number of rotatable bonds is 5. The standard InChI is InChI=1S/C15H16BrN3OS2/c1-10(13-7-8-14(16)22-13)18-19-15(21)17-9-11-3-5-12(20-2)6-4-11/h3-8H,9H2,1-2H3,(H2,17,19,21)/b18-10-. The third kappa shape index (κ3) is 5.08. The second-order valence-corrected chi connectivity index (χ2v) is 7.31. The maximum Gasteiger partial charge on any atom is 0.187 e. The first-order valence-corrected chi connectivity index (χ1v) is 8.57. The first-order chi connectivity index (χ1) is 10.6. The second-order valence-electron chi connectivity index (χ2n) is 4.44. The molecule has 0 aliphatic rings. The van der Waals surface area contributed by atoms with E-state index in [-0.39, 0.29) is 0 Å². The van der Waals surface area contributed by atoms with Crippen LogP contribution in [0.4, 0.5) is 0 Å². The van der Waals surface area contributed by atoms with Gasteiger partial charge in [-0.3, -0.25) is 5.43 Å². The topological polar surface area (TPSA) is 45.6 Å². The van der Waals surface area contributed by atoms with Gasteiger partial charge in [-0.25, -0.2) is 0 Å². The minimum Gasteiger partial charge on any atom is -0.497 e. The Hall–Kier alpha value is -1.44. The summed E-state index contributed by atoms with van der Waals surface area (Å²) in [7, 11) is 1.65. The van der Waals surface area contributed by atoms with Gasteiger partial charge >= 0.3 is 0 Å². The van der Waals surface area contributed by atoms with E-state index in [0.29, 0.717) is 11.7 Å². The zero-order chi connectivity index (χ0) is 15.9. The van der Waals surface area contributed by atoms with Crippen LogP contribution >= 0.6 is 39.5 Å². The summed E-state index contributed by atoms with van der Waals surface area (Å²) in [6.45, 7) is 2.58. The first kappa shape index (κ1) is 16.9. The Morgan fingerprint density at radius 2 is 2.00 bits per heavy atom. The fraction of sp³-hybridized carbons (Fsp3) is 0.200. The van der Waals surface area contributed by atoms with Gasteiger partial charge in [0.2, 0.25) is 0 Å². The van der Waals surface area contributed by atoms with Crippen LogP contribution < -0.4 is 15.5 Å². The number of ether oxygens (including phenoxy) is 1. The number of hydrogen-bond acceptors (Lipinski definition) is 4. The Morgan fingerprint density at radius 1 is 1.27 bits per heavy atom. The lowest BCUT2D eigenvalue weighted by atomic mass is 10.2. The molecule has 0 atom stereocenters. The van der Waals surface area contributed by atoms with Crippen molar-refractivity contribution < 1.29 is 4.74 Å². The molecule has 2 N–H and O–H groups in total. The van der Waals surface area contributed by atoms with E-state index in [9.17, 15) is 0 Å². The Kier molecular flexibility index (Phi) is 6.35. The van der Waals surface area contributed by atoms with E-state index in [1.807, 2.05) is 43.3 Å². The van der Waals surface area contributed by atoms with E-state index in [0.717, 1.165) is 25.7 Å². The van der Waals surface area contributed by atoms with Crippen LogP contribution in [-0.2, 0) is 6.54 Å². The van der Waals surface area contributed by atoms with E-state index in [1.54, 1.807) is 18.4 Å². The number of methoxy groups -OCH3 is 1. The predicted octanol–water partition coefficient (Wildman–Crippen LogP) is 3.91. The number of nitrogens with zero attached hydrogens (tertiary/aromatic N) is 1. The largest absolute Gasteiger partial charge is 0.497 e.